The maximum absolute atomic E-state index is 15.4. The van der Waals surface area contributed by atoms with E-state index < -0.39 is 5.67 Å². The standard InChI is InChI=1S/C27H37FN6O2/c1-26(2)16-32(17-27(28)7-9-29-10-8-27)11-5-22(26)34-15-21(18-3-4-18)20-13-19(14-30-24(20)34)33-12-6-23(35)31-25(33)36/h13-15,18,22,29H,3-12,16-17H2,1-2H3,(H,31,35,36). The van der Waals surface area contributed by atoms with Crippen molar-refractivity contribution in [1.82, 2.24) is 25.1 Å². The van der Waals surface area contributed by atoms with Gasteiger partial charge >= 0.3 is 6.03 Å². The van der Waals surface area contributed by atoms with E-state index in [1.54, 1.807) is 11.1 Å². The van der Waals surface area contributed by atoms with E-state index in [1.165, 1.54) is 18.4 Å². The topological polar surface area (TPSA) is 82.5 Å². The number of urea groups is 1. The number of anilines is 1. The van der Waals surface area contributed by atoms with Crippen molar-refractivity contribution in [2.24, 2.45) is 5.41 Å². The summed E-state index contributed by atoms with van der Waals surface area (Å²) >= 11 is 0. The van der Waals surface area contributed by atoms with Crippen LogP contribution >= 0.6 is 0 Å². The van der Waals surface area contributed by atoms with Gasteiger partial charge in [0.25, 0.3) is 0 Å². The number of hydrogen-bond donors (Lipinski definition) is 2. The smallest absolute Gasteiger partial charge is 0.328 e. The number of aromatic nitrogens is 2. The van der Waals surface area contributed by atoms with Gasteiger partial charge in [-0.3, -0.25) is 19.9 Å². The van der Waals surface area contributed by atoms with E-state index in [9.17, 15) is 9.59 Å². The van der Waals surface area contributed by atoms with E-state index in [2.05, 4.69) is 46.2 Å². The Balaban J connectivity index is 1.27. The lowest BCUT2D eigenvalue weighted by atomic mass is 9.78. The summed E-state index contributed by atoms with van der Waals surface area (Å²) in [6.07, 6.45) is 8.85. The normalized spacial score (nSPS) is 26.9. The Bertz CT molecular complexity index is 1180. The average molecular weight is 497 g/mol. The first-order valence-corrected chi connectivity index (χ1v) is 13.5. The van der Waals surface area contributed by atoms with Crippen LogP contribution in [0.15, 0.2) is 18.5 Å². The minimum atomic E-state index is -1.09. The fourth-order valence-electron chi connectivity index (χ4n) is 6.60. The molecule has 8 nitrogen and oxygen atoms in total. The highest BCUT2D eigenvalue weighted by Crippen LogP contribution is 2.47. The first-order chi connectivity index (χ1) is 17.2. The molecule has 194 valence electrons. The predicted octanol–water partition coefficient (Wildman–Crippen LogP) is 3.72. The van der Waals surface area contributed by atoms with E-state index in [4.69, 9.17) is 4.98 Å². The molecule has 6 rings (SSSR count). The molecule has 1 saturated carbocycles. The molecule has 0 bridgehead atoms. The number of nitrogens with one attached hydrogen (secondary N) is 2. The molecular formula is C27H37FN6O2. The number of carbonyl (C=O) groups is 2. The van der Waals surface area contributed by atoms with Crippen LogP contribution in [-0.4, -0.2) is 71.3 Å². The van der Waals surface area contributed by atoms with Gasteiger partial charge < -0.3 is 9.88 Å². The minimum Gasteiger partial charge on any atom is -0.329 e. The lowest BCUT2D eigenvalue weighted by Gasteiger charge is -2.47. The third-order valence-electron chi connectivity index (χ3n) is 8.66. The van der Waals surface area contributed by atoms with Crippen molar-refractivity contribution in [2.45, 2.75) is 70.0 Å². The molecule has 4 fully saturated rings. The highest BCUT2D eigenvalue weighted by atomic mass is 19.1. The van der Waals surface area contributed by atoms with Gasteiger partial charge in [0.05, 0.1) is 11.9 Å². The van der Waals surface area contributed by atoms with Crippen LogP contribution in [0.1, 0.15) is 69.9 Å². The lowest BCUT2D eigenvalue weighted by molar-refractivity contribution is -0.120. The number of nitrogens with zero attached hydrogens (tertiary/aromatic N) is 4. The maximum Gasteiger partial charge on any atom is 0.328 e. The monoisotopic (exact) mass is 496 g/mol. The molecule has 2 aromatic heterocycles. The number of fused-ring (bicyclic) bond motifs is 1. The van der Waals surface area contributed by atoms with Crippen LogP contribution in [0, 0.1) is 5.41 Å². The molecule has 1 atom stereocenters. The molecule has 3 saturated heterocycles. The SMILES string of the molecule is CC1(C)CN(CC2(F)CCNCC2)CCC1n1cc(C2CC2)c2cc(N3CCC(=O)NC3=O)cnc21. The molecule has 2 aromatic rings. The number of amides is 3. The third-order valence-corrected chi connectivity index (χ3v) is 8.66. The predicted molar refractivity (Wildman–Crippen MR) is 137 cm³/mol. The number of halogens is 1. The molecular weight excluding hydrogens is 459 g/mol. The Labute approximate surface area is 211 Å². The molecule has 4 aliphatic rings. The summed E-state index contributed by atoms with van der Waals surface area (Å²) in [4.78, 5) is 32.9. The van der Waals surface area contributed by atoms with Crippen molar-refractivity contribution in [3.8, 4) is 0 Å². The molecule has 36 heavy (non-hydrogen) atoms. The van der Waals surface area contributed by atoms with E-state index >= 15 is 4.39 Å². The molecule has 5 heterocycles. The molecule has 1 aliphatic carbocycles. The summed E-state index contributed by atoms with van der Waals surface area (Å²) in [7, 11) is 0. The van der Waals surface area contributed by atoms with Crippen LogP contribution in [0.3, 0.4) is 0 Å². The van der Waals surface area contributed by atoms with Crippen LogP contribution in [-0.2, 0) is 4.79 Å². The van der Waals surface area contributed by atoms with Gasteiger partial charge in [0, 0.05) is 50.2 Å². The Morgan fingerprint density at radius 1 is 1.14 bits per heavy atom. The van der Waals surface area contributed by atoms with E-state index in [1.807, 2.05) is 0 Å². The Morgan fingerprint density at radius 2 is 1.92 bits per heavy atom. The maximum atomic E-state index is 15.4. The lowest BCUT2D eigenvalue weighted by Crippen LogP contribution is -2.53. The van der Waals surface area contributed by atoms with Crippen LogP contribution < -0.4 is 15.5 Å². The van der Waals surface area contributed by atoms with Gasteiger partial charge in [0.1, 0.15) is 11.3 Å². The summed E-state index contributed by atoms with van der Waals surface area (Å²) in [6, 6.07) is 1.96. The number of likely N-dealkylation sites (tertiary alicyclic amines) is 1. The zero-order valence-electron chi connectivity index (χ0n) is 21.4. The second kappa shape index (κ2) is 8.80. The highest BCUT2D eigenvalue weighted by molar-refractivity contribution is 6.06. The summed E-state index contributed by atoms with van der Waals surface area (Å²) < 4.78 is 17.8. The fraction of sp³-hybridized carbons (Fsp3) is 0.667. The number of pyridine rings is 1. The second-order valence-electron chi connectivity index (χ2n) is 12.0. The van der Waals surface area contributed by atoms with E-state index in [0.717, 1.165) is 49.3 Å². The molecule has 0 spiro atoms. The van der Waals surface area contributed by atoms with Gasteiger partial charge in [-0.2, -0.15) is 0 Å². The van der Waals surface area contributed by atoms with Gasteiger partial charge in [0.15, 0.2) is 0 Å². The van der Waals surface area contributed by atoms with Gasteiger partial charge in [-0.1, -0.05) is 13.8 Å². The quantitative estimate of drug-likeness (QED) is 0.659. The fourth-order valence-corrected chi connectivity index (χ4v) is 6.60. The number of imide groups is 1. The van der Waals surface area contributed by atoms with Gasteiger partial charge in [-0.05, 0) is 68.2 Å². The average Bonchev–Trinajstić information content (AvgIpc) is 3.60. The Morgan fingerprint density at radius 3 is 2.61 bits per heavy atom. The van der Waals surface area contributed by atoms with E-state index in [0.29, 0.717) is 38.3 Å². The second-order valence-corrected chi connectivity index (χ2v) is 12.0. The van der Waals surface area contributed by atoms with Crippen molar-refractivity contribution in [2.75, 3.05) is 44.2 Å². The number of alkyl halides is 1. The van der Waals surface area contributed by atoms with Crippen LogP contribution in [0.25, 0.3) is 11.0 Å². The summed E-state index contributed by atoms with van der Waals surface area (Å²) in [5.41, 5.74) is 1.87. The zero-order valence-corrected chi connectivity index (χ0v) is 21.4. The van der Waals surface area contributed by atoms with Gasteiger partial charge in [0.2, 0.25) is 5.91 Å². The molecule has 9 heteroatoms. The minimum absolute atomic E-state index is 0.0399. The van der Waals surface area contributed by atoms with E-state index in [-0.39, 0.29) is 23.4 Å². The molecule has 0 aromatic carbocycles. The van der Waals surface area contributed by atoms with Crippen molar-refractivity contribution in [3.05, 3.63) is 24.0 Å². The number of hydrogen-bond acceptors (Lipinski definition) is 5. The van der Waals surface area contributed by atoms with Crippen LogP contribution in [0.5, 0.6) is 0 Å². The Kier molecular flexibility index (Phi) is 5.83. The molecule has 2 N–H and O–H groups in total. The number of carbonyl (C=O) groups excluding carboxylic acids is 2. The zero-order chi connectivity index (χ0) is 25.1. The molecule has 1 unspecified atom stereocenters. The van der Waals surface area contributed by atoms with Crippen molar-refractivity contribution >= 4 is 28.7 Å². The first-order valence-electron chi connectivity index (χ1n) is 13.5. The molecule has 0 radical (unpaired) electrons. The number of piperidine rings is 2. The van der Waals surface area contributed by atoms with Crippen LogP contribution in [0.4, 0.5) is 14.9 Å². The Hall–Kier alpha value is -2.52. The summed E-state index contributed by atoms with van der Waals surface area (Å²) in [5.74, 6) is 0.305. The first kappa shape index (κ1) is 23.9. The molecule has 3 amide bonds. The van der Waals surface area contributed by atoms with Gasteiger partial charge in [-0.15, -0.1) is 0 Å². The summed E-state index contributed by atoms with van der Waals surface area (Å²) in [5, 5.41) is 6.79. The number of rotatable bonds is 5. The van der Waals surface area contributed by atoms with Crippen molar-refractivity contribution < 1.29 is 14.0 Å². The van der Waals surface area contributed by atoms with Crippen molar-refractivity contribution in [3.63, 3.8) is 0 Å². The van der Waals surface area contributed by atoms with Crippen LogP contribution in [0.2, 0.25) is 0 Å². The van der Waals surface area contributed by atoms with Gasteiger partial charge in [-0.25, -0.2) is 14.2 Å². The third kappa shape index (κ3) is 4.41. The van der Waals surface area contributed by atoms with Crippen molar-refractivity contribution in [1.29, 1.82) is 0 Å². The molecule has 3 aliphatic heterocycles. The summed E-state index contributed by atoms with van der Waals surface area (Å²) in [6.45, 7) is 8.74. The highest BCUT2D eigenvalue weighted by Gasteiger charge is 2.42. The largest absolute Gasteiger partial charge is 0.329 e.